The standard InChI is InChI=1S/C20H26N4O2/c1-4-7-17(25)16-11-22-20-19(16)23-14(10-21-20)8-13-9-15(5-2)24(12-13)18(26)6-3/h6,10-11,13,15H,3-5,7-9,12H2,1-2H3,(H,21,22)/t13-,15-/m1/s1. The Morgan fingerprint density at radius 1 is 1.42 bits per heavy atom. The first-order chi connectivity index (χ1) is 12.6. The highest BCUT2D eigenvalue weighted by atomic mass is 16.2. The lowest BCUT2D eigenvalue weighted by molar-refractivity contribution is -0.126. The molecule has 0 radical (unpaired) electrons. The summed E-state index contributed by atoms with van der Waals surface area (Å²) in [5, 5.41) is 0. The molecule has 26 heavy (non-hydrogen) atoms. The van der Waals surface area contributed by atoms with E-state index in [-0.39, 0.29) is 17.7 Å². The summed E-state index contributed by atoms with van der Waals surface area (Å²) in [4.78, 5) is 38.4. The Morgan fingerprint density at radius 3 is 2.92 bits per heavy atom. The molecule has 138 valence electrons. The summed E-state index contributed by atoms with van der Waals surface area (Å²) < 4.78 is 0. The maximum atomic E-state index is 12.3. The number of carbonyl (C=O) groups excluding carboxylic acids is 2. The predicted molar refractivity (Wildman–Crippen MR) is 101 cm³/mol. The quantitative estimate of drug-likeness (QED) is 0.611. The molecule has 1 amide bonds. The van der Waals surface area contributed by atoms with E-state index in [4.69, 9.17) is 4.98 Å². The number of carbonyl (C=O) groups is 2. The van der Waals surface area contributed by atoms with E-state index >= 15 is 0 Å². The van der Waals surface area contributed by atoms with Crippen LogP contribution >= 0.6 is 0 Å². The van der Waals surface area contributed by atoms with Crippen molar-refractivity contribution in [3.05, 3.63) is 36.3 Å². The smallest absolute Gasteiger partial charge is 0.246 e. The number of fused-ring (bicyclic) bond motifs is 1. The first kappa shape index (κ1) is 18.3. The predicted octanol–water partition coefficient (Wildman–Crippen LogP) is 3.30. The molecule has 1 aliphatic rings. The zero-order valence-electron chi connectivity index (χ0n) is 15.5. The maximum Gasteiger partial charge on any atom is 0.246 e. The lowest BCUT2D eigenvalue weighted by atomic mass is 9.99. The average Bonchev–Trinajstić information content (AvgIpc) is 3.24. The minimum atomic E-state index is -0.000954. The van der Waals surface area contributed by atoms with Crippen LogP contribution in [0.1, 0.15) is 55.6 Å². The summed E-state index contributed by atoms with van der Waals surface area (Å²) in [5.41, 5.74) is 2.80. The van der Waals surface area contributed by atoms with Crippen molar-refractivity contribution in [1.82, 2.24) is 19.9 Å². The summed E-state index contributed by atoms with van der Waals surface area (Å²) >= 11 is 0. The molecule has 2 atom stereocenters. The molecule has 6 nitrogen and oxygen atoms in total. The van der Waals surface area contributed by atoms with Crippen LogP contribution in [0.3, 0.4) is 0 Å². The first-order valence-electron chi connectivity index (χ1n) is 9.36. The molecule has 2 aromatic heterocycles. The minimum absolute atomic E-state index is 0.000954. The van der Waals surface area contributed by atoms with Gasteiger partial charge in [-0.25, -0.2) is 9.97 Å². The van der Waals surface area contributed by atoms with Crippen LogP contribution in [-0.2, 0) is 11.2 Å². The summed E-state index contributed by atoms with van der Waals surface area (Å²) in [6, 6.07) is 0.260. The molecule has 1 saturated heterocycles. The lowest BCUT2D eigenvalue weighted by Crippen LogP contribution is -2.34. The number of aromatic nitrogens is 3. The topological polar surface area (TPSA) is 79.0 Å². The molecule has 0 spiro atoms. The largest absolute Gasteiger partial charge is 0.344 e. The van der Waals surface area contributed by atoms with Gasteiger partial charge >= 0.3 is 0 Å². The van der Waals surface area contributed by atoms with Crippen molar-refractivity contribution in [2.75, 3.05) is 6.54 Å². The van der Waals surface area contributed by atoms with Gasteiger partial charge in [0.25, 0.3) is 0 Å². The van der Waals surface area contributed by atoms with Gasteiger partial charge in [0, 0.05) is 25.2 Å². The van der Waals surface area contributed by atoms with Crippen LogP contribution in [0.2, 0.25) is 0 Å². The normalized spacial score (nSPS) is 19.8. The second-order valence-corrected chi connectivity index (χ2v) is 7.00. The van der Waals surface area contributed by atoms with Crippen LogP contribution in [0.15, 0.2) is 25.0 Å². The summed E-state index contributed by atoms with van der Waals surface area (Å²) in [7, 11) is 0. The van der Waals surface area contributed by atoms with Crippen molar-refractivity contribution in [3.63, 3.8) is 0 Å². The van der Waals surface area contributed by atoms with Gasteiger partial charge in [-0.1, -0.05) is 20.4 Å². The summed E-state index contributed by atoms with van der Waals surface area (Å²) in [6.45, 7) is 8.42. The number of aromatic amines is 1. The Bertz CT molecular complexity index is 826. The number of H-pyrrole nitrogens is 1. The van der Waals surface area contributed by atoms with Gasteiger partial charge in [0.05, 0.1) is 17.5 Å². The van der Waals surface area contributed by atoms with E-state index in [9.17, 15) is 9.59 Å². The zero-order valence-corrected chi connectivity index (χ0v) is 15.5. The van der Waals surface area contributed by atoms with Gasteiger partial charge in [0.2, 0.25) is 5.91 Å². The van der Waals surface area contributed by atoms with Crippen LogP contribution in [0, 0.1) is 5.92 Å². The fourth-order valence-electron chi connectivity index (χ4n) is 3.83. The van der Waals surface area contributed by atoms with Crippen molar-refractivity contribution in [1.29, 1.82) is 0 Å². The SMILES string of the molecule is C=CC(=O)N1C[C@H](Cc2cnc3[nH]cc(C(=O)CCC)c3n2)C[C@H]1CC. The number of ketones is 1. The van der Waals surface area contributed by atoms with Crippen molar-refractivity contribution in [3.8, 4) is 0 Å². The Hall–Kier alpha value is -2.50. The number of hydrogen-bond donors (Lipinski definition) is 1. The molecule has 0 aliphatic carbocycles. The van der Waals surface area contributed by atoms with Gasteiger partial charge in [-0.3, -0.25) is 9.59 Å². The molecule has 0 saturated carbocycles. The van der Waals surface area contributed by atoms with Crippen LogP contribution in [0.4, 0.5) is 0 Å². The number of Topliss-reactive ketones (excluding diaryl/α,β-unsaturated/α-hetero) is 1. The Labute approximate surface area is 153 Å². The number of nitrogens with one attached hydrogen (secondary N) is 1. The third-order valence-corrected chi connectivity index (χ3v) is 5.14. The van der Waals surface area contributed by atoms with E-state index in [1.807, 2.05) is 11.8 Å². The van der Waals surface area contributed by atoms with E-state index in [1.165, 1.54) is 6.08 Å². The molecular formula is C20H26N4O2. The monoisotopic (exact) mass is 354 g/mol. The van der Waals surface area contributed by atoms with Crippen LogP contribution in [0.25, 0.3) is 11.2 Å². The van der Waals surface area contributed by atoms with E-state index < -0.39 is 0 Å². The molecule has 0 bridgehead atoms. The van der Waals surface area contributed by atoms with Crippen molar-refractivity contribution in [2.45, 2.75) is 52.0 Å². The number of amides is 1. The van der Waals surface area contributed by atoms with Gasteiger partial charge in [-0.05, 0) is 37.7 Å². The van der Waals surface area contributed by atoms with E-state index in [0.29, 0.717) is 29.1 Å². The average molecular weight is 354 g/mol. The van der Waals surface area contributed by atoms with Crippen LogP contribution < -0.4 is 0 Å². The van der Waals surface area contributed by atoms with Crippen LogP contribution in [0.5, 0.6) is 0 Å². The van der Waals surface area contributed by atoms with Gasteiger partial charge in [0.15, 0.2) is 11.4 Å². The highest BCUT2D eigenvalue weighted by molar-refractivity contribution is 6.05. The highest BCUT2D eigenvalue weighted by Crippen LogP contribution is 2.28. The second-order valence-electron chi connectivity index (χ2n) is 7.00. The summed E-state index contributed by atoms with van der Waals surface area (Å²) in [6.07, 6.45) is 8.85. The molecular weight excluding hydrogens is 328 g/mol. The molecule has 1 aliphatic heterocycles. The second kappa shape index (κ2) is 7.81. The molecule has 3 heterocycles. The number of nitrogens with zero attached hydrogens (tertiary/aromatic N) is 3. The van der Waals surface area contributed by atoms with Crippen molar-refractivity contribution < 1.29 is 9.59 Å². The van der Waals surface area contributed by atoms with E-state index in [0.717, 1.165) is 37.9 Å². The Kier molecular flexibility index (Phi) is 5.49. The van der Waals surface area contributed by atoms with Crippen molar-refractivity contribution >= 4 is 22.9 Å². The van der Waals surface area contributed by atoms with Gasteiger partial charge in [0.1, 0.15) is 5.52 Å². The zero-order chi connectivity index (χ0) is 18.7. The van der Waals surface area contributed by atoms with E-state index in [1.54, 1.807) is 12.4 Å². The molecule has 1 fully saturated rings. The fourth-order valence-corrected chi connectivity index (χ4v) is 3.83. The minimum Gasteiger partial charge on any atom is -0.344 e. The van der Waals surface area contributed by atoms with Gasteiger partial charge in [-0.15, -0.1) is 0 Å². The lowest BCUT2D eigenvalue weighted by Gasteiger charge is -2.21. The molecule has 6 heteroatoms. The third-order valence-electron chi connectivity index (χ3n) is 5.14. The molecule has 1 N–H and O–H groups in total. The van der Waals surface area contributed by atoms with Gasteiger partial charge < -0.3 is 9.88 Å². The van der Waals surface area contributed by atoms with E-state index in [2.05, 4.69) is 23.5 Å². The Balaban J connectivity index is 1.79. The molecule has 0 aromatic carbocycles. The van der Waals surface area contributed by atoms with Crippen molar-refractivity contribution in [2.24, 2.45) is 5.92 Å². The van der Waals surface area contributed by atoms with Crippen LogP contribution in [-0.4, -0.2) is 44.1 Å². The number of likely N-dealkylation sites (tertiary alicyclic amines) is 1. The Morgan fingerprint density at radius 2 is 2.23 bits per heavy atom. The molecule has 3 rings (SSSR count). The highest BCUT2D eigenvalue weighted by Gasteiger charge is 2.33. The number of hydrogen-bond acceptors (Lipinski definition) is 4. The molecule has 0 unspecified atom stereocenters. The molecule has 2 aromatic rings. The summed E-state index contributed by atoms with van der Waals surface area (Å²) in [5.74, 6) is 0.447. The third kappa shape index (κ3) is 3.54. The number of rotatable bonds is 7. The fraction of sp³-hybridized carbons (Fsp3) is 0.500. The maximum absolute atomic E-state index is 12.3. The first-order valence-corrected chi connectivity index (χ1v) is 9.36. The van der Waals surface area contributed by atoms with Gasteiger partial charge in [-0.2, -0.15) is 0 Å².